The summed E-state index contributed by atoms with van der Waals surface area (Å²) in [6.45, 7) is 1.71. The molecule has 0 radical (unpaired) electrons. The predicted molar refractivity (Wildman–Crippen MR) is 76.9 cm³/mol. The SMILES string of the molecule is C[C@@H](NCC(=O)N1CCOCC1)c1ccc(OC(F)F)cc1. The Kier molecular flexibility index (Phi) is 6.09. The minimum atomic E-state index is -2.83. The third kappa shape index (κ3) is 4.92. The number of nitrogens with one attached hydrogen (secondary N) is 1. The van der Waals surface area contributed by atoms with E-state index in [1.807, 2.05) is 6.92 Å². The fraction of sp³-hybridized carbons (Fsp3) is 0.533. The Morgan fingerprint density at radius 1 is 1.32 bits per heavy atom. The van der Waals surface area contributed by atoms with Crippen LogP contribution in [0.25, 0.3) is 0 Å². The van der Waals surface area contributed by atoms with E-state index in [4.69, 9.17) is 4.74 Å². The zero-order valence-electron chi connectivity index (χ0n) is 12.4. The molecule has 1 aliphatic rings. The van der Waals surface area contributed by atoms with Crippen LogP contribution in [0.3, 0.4) is 0 Å². The summed E-state index contributed by atoms with van der Waals surface area (Å²) in [4.78, 5) is 13.8. The molecule has 1 aliphatic heterocycles. The molecule has 0 aromatic heterocycles. The second-order valence-electron chi connectivity index (χ2n) is 5.04. The standard InChI is InChI=1S/C15H20F2N2O3/c1-11(12-2-4-13(5-3-12)22-15(16)17)18-10-14(20)19-6-8-21-9-7-19/h2-5,11,15,18H,6-10H2,1H3/t11-/m1/s1. The van der Waals surface area contributed by atoms with E-state index in [2.05, 4.69) is 10.1 Å². The van der Waals surface area contributed by atoms with Gasteiger partial charge >= 0.3 is 6.61 Å². The molecule has 1 aromatic rings. The highest BCUT2D eigenvalue weighted by atomic mass is 19.3. The van der Waals surface area contributed by atoms with Gasteiger partial charge in [0.25, 0.3) is 0 Å². The number of carbonyl (C=O) groups excluding carboxylic acids is 1. The summed E-state index contributed by atoms with van der Waals surface area (Å²) >= 11 is 0. The Labute approximate surface area is 128 Å². The second kappa shape index (κ2) is 8.05. The molecule has 22 heavy (non-hydrogen) atoms. The smallest absolute Gasteiger partial charge is 0.387 e. The number of nitrogens with zero attached hydrogens (tertiary/aromatic N) is 1. The van der Waals surface area contributed by atoms with Gasteiger partial charge in [-0.2, -0.15) is 8.78 Å². The van der Waals surface area contributed by atoms with Crippen molar-refractivity contribution < 1.29 is 23.0 Å². The summed E-state index contributed by atoms with van der Waals surface area (Å²) in [5.74, 6) is 0.156. The normalized spacial score (nSPS) is 16.6. The van der Waals surface area contributed by atoms with Gasteiger partial charge in [-0.05, 0) is 24.6 Å². The van der Waals surface area contributed by atoms with Crippen molar-refractivity contribution >= 4 is 5.91 Å². The number of hydrogen-bond acceptors (Lipinski definition) is 4. The lowest BCUT2D eigenvalue weighted by molar-refractivity contribution is -0.134. The van der Waals surface area contributed by atoms with E-state index in [-0.39, 0.29) is 24.2 Å². The average molecular weight is 314 g/mol. The quantitative estimate of drug-likeness (QED) is 0.870. The molecule has 5 nitrogen and oxygen atoms in total. The monoisotopic (exact) mass is 314 g/mol. The minimum Gasteiger partial charge on any atom is -0.435 e. The van der Waals surface area contributed by atoms with Crippen LogP contribution in [0.15, 0.2) is 24.3 Å². The molecule has 0 aliphatic carbocycles. The van der Waals surface area contributed by atoms with E-state index in [0.29, 0.717) is 26.3 Å². The van der Waals surface area contributed by atoms with Crippen molar-refractivity contribution in [2.45, 2.75) is 19.6 Å². The molecule has 1 heterocycles. The molecular formula is C15H20F2N2O3. The maximum absolute atomic E-state index is 12.1. The Hall–Kier alpha value is -1.73. The van der Waals surface area contributed by atoms with Crippen molar-refractivity contribution in [3.8, 4) is 5.75 Å². The number of rotatable bonds is 6. The van der Waals surface area contributed by atoms with Crippen molar-refractivity contribution in [2.24, 2.45) is 0 Å². The van der Waals surface area contributed by atoms with E-state index in [0.717, 1.165) is 5.56 Å². The zero-order chi connectivity index (χ0) is 15.9. The second-order valence-corrected chi connectivity index (χ2v) is 5.04. The maximum Gasteiger partial charge on any atom is 0.387 e. The lowest BCUT2D eigenvalue weighted by atomic mass is 10.1. The van der Waals surface area contributed by atoms with E-state index >= 15 is 0 Å². The Balaban J connectivity index is 1.81. The van der Waals surface area contributed by atoms with Gasteiger partial charge in [0.1, 0.15) is 5.75 Å². The summed E-state index contributed by atoms with van der Waals surface area (Å²) in [5, 5.41) is 3.14. The van der Waals surface area contributed by atoms with Gasteiger partial charge in [0.15, 0.2) is 0 Å². The topological polar surface area (TPSA) is 50.8 Å². The van der Waals surface area contributed by atoms with Crippen LogP contribution in [0.2, 0.25) is 0 Å². The van der Waals surface area contributed by atoms with Crippen LogP contribution in [-0.4, -0.2) is 50.3 Å². The summed E-state index contributed by atoms with van der Waals surface area (Å²) < 4.78 is 33.7. The van der Waals surface area contributed by atoms with Gasteiger partial charge < -0.3 is 19.7 Å². The van der Waals surface area contributed by atoms with Crippen LogP contribution in [-0.2, 0) is 9.53 Å². The van der Waals surface area contributed by atoms with E-state index < -0.39 is 6.61 Å². The highest BCUT2D eigenvalue weighted by molar-refractivity contribution is 5.78. The number of amides is 1. The number of hydrogen-bond donors (Lipinski definition) is 1. The number of benzene rings is 1. The minimum absolute atomic E-state index is 0.0350. The first-order chi connectivity index (χ1) is 10.6. The molecule has 0 spiro atoms. The van der Waals surface area contributed by atoms with Crippen LogP contribution in [0.5, 0.6) is 5.75 Å². The van der Waals surface area contributed by atoms with Crippen molar-refractivity contribution in [3.05, 3.63) is 29.8 Å². The first-order valence-electron chi connectivity index (χ1n) is 7.20. The van der Waals surface area contributed by atoms with E-state index in [1.165, 1.54) is 12.1 Å². The molecule has 0 saturated carbocycles. The summed E-state index contributed by atoms with van der Waals surface area (Å²) in [5.41, 5.74) is 0.899. The van der Waals surface area contributed by atoms with Gasteiger partial charge in [-0.1, -0.05) is 12.1 Å². The van der Waals surface area contributed by atoms with Crippen molar-refractivity contribution in [1.82, 2.24) is 10.2 Å². The molecule has 1 N–H and O–H groups in total. The number of alkyl halides is 2. The molecule has 122 valence electrons. The van der Waals surface area contributed by atoms with Gasteiger partial charge in [-0.25, -0.2) is 0 Å². The van der Waals surface area contributed by atoms with E-state index in [9.17, 15) is 13.6 Å². The number of carbonyl (C=O) groups is 1. The Morgan fingerprint density at radius 3 is 2.55 bits per heavy atom. The first-order valence-corrected chi connectivity index (χ1v) is 7.20. The van der Waals surface area contributed by atoms with E-state index in [1.54, 1.807) is 17.0 Å². The molecule has 0 bridgehead atoms. The number of morpholine rings is 1. The molecule has 1 fully saturated rings. The molecule has 7 heteroatoms. The van der Waals surface area contributed by atoms with Gasteiger partial charge in [-0.3, -0.25) is 4.79 Å². The van der Waals surface area contributed by atoms with Crippen LogP contribution < -0.4 is 10.1 Å². The Morgan fingerprint density at radius 2 is 1.95 bits per heavy atom. The number of ether oxygens (including phenoxy) is 2. The predicted octanol–water partition coefficient (Wildman–Crippen LogP) is 1.80. The highest BCUT2D eigenvalue weighted by Gasteiger charge is 2.17. The summed E-state index contributed by atoms with van der Waals surface area (Å²) in [6, 6.07) is 6.32. The zero-order valence-corrected chi connectivity index (χ0v) is 12.4. The summed E-state index contributed by atoms with van der Waals surface area (Å²) in [7, 11) is 0. The van der Waals surface area contributed by atoms with Gasteiger partial charge in [0, 0.05) is 19.1 Å². The molecule has 1 saturated heterocycles. The van der Waals surface area contributed by atoms with Crippen molar-refractivity contribution in [1.29, 1.82) is 0 Å². The van der Waals surface area contributed by atoms with Crippen LogP contribution in [0, 0.1) is 0 Å². The molecule has 2 rings (SSSR count). The summed E-state index contributed by atoms with van der Waals surface area (Å²) in [6.07, 6.45) is 0. The molecule has 1 amide bonds. The van der Waals surface area contributed by atoms with Crippen LogP contribution in [0.4, 0.5) is 8.78 Å². The molecule has 0 unspecified atom stereocenters. The lowest BCUT2D eigenvalue weighted by Crippen LogP contribution is -2.45. The maximum atomic E-state index is 12.1. The first kappa shape index (κ1) is 16.6. The van der Waals surface area contributed by atoms with Crippen LogP contribution in [0.1, 0.15) is 18.5 Å². The highest BCUT2D eigenvalue weighted by Crippen LogP contribution is 2.19. The third-order valence-electron chi connectivity index (χ3n) is 3.53. The van der Waals surface area contributed by atoms with Gasteiger partial charge in [0.2, 0.25) is 5.91 Å². The van der Waals surface area contributed by atoms with Gasteiger partial charge in [-0.15, -0.1) is 0 Å². The molecule has 1 aromatic carbocycles. The number of halogens is 2. The third-order valence-corrected chi connectivity index (χ3v) is 3.53. The average Bonchev–Trinajstić information content (AvgIpc) is 2.53. The van der Waals surface area contributed by atoms with Crippen molar-refractivity contribution in [2.75, 3.05) is 32.8 Å². The lowest BCUT2D eigenvalue weighted by Gasteiger charge is -2.27. The van der Waals surface area contributed by atoms with Crippen molar-refractivity contribution in [3.63, 3.8) is 0 Å². The largest absolute Gasteiger partial charge is 0.435 e. The Bertz CT molecular complexity index is 476. The fourth-order valence-electron chi connectivity index (χ4n) is 2.22. The van der Waals surface area contributed by atoms with Crippen LogP contribution >= 0.6 is 0 Å². The fourth-order valence-corrected chi connectivity index (χ4v) is 2.22. The molecular weight excluding hydrogens is 294 g/mol. The molecule has 1 atom stereocenters. The van der Waals surface area contributed by atoms with Gasteiger partial charge in [0.05, 0.1) is 19.8 Å².